The highest BCUT2D eigenvalue weighted by atomic mass is 16.6. The van der Waals surface area contributed by atoms with Gasteiger partial charge in [-0.15, -0.1) is 0 Å². The minimum atomic E-state index is -0.554. The summed E-state index contributed by atoms with van der Waals surface area (Å²) in [4.78, 5) is 38.5. The Morgan fingerprint density at radius 3 is 2.86 bits per heavy atom. The normalized spacial score (nSPS) is 15.6. The molecule has 0 spiro atoms. The van der Waals surface area contributed by atoms with Crippen LogP contribution in [0.1, 0.15) is 6.92 Å². The molecular weight excluding hydrogens is 190 g/mol. The van der Waals surface area contributed by atoms with Crippen LogP contribution in [0.4, 0.5) is 4.79 Å². The number of hydroxylamine groups is 1. The quantitative estimate of drug-likeness (QED) is 0.433. The number of urea groups is 1. The van der Waals surface area contributed by atoms with Crippen LogP contribution in [0.25, 0.3) is 0 Å². The Morgan fingerprint density at radius 2 is 2.36 bits per heavy atom. The number of hydrogen-bond donors (Lipinski definition) is 2. The van der Waals surface area contributed by atoms with Crippen LogP contribution in [0.3, 0.4) is 0 Å². The van der Waals surface area contributed by atoms with Crippen molar-refractivity contribution in [3.63, 3.8) is 0 Å². The predicted molar refractivity (Wildman–Crippen MR) is 44.9 cm³/mol. The first kappa shape index (κ1) is 10.5. The third-order valence-corrected chi connectivity index (χ3v) is 1.57. The molecule has 0 atom stereocenters. The SMILES string of the molecule is CCONC(=O)CN1C(=O)CNC1=O. The molecule has 0 aliphatic carbocycles. The van der Waals surface area contributed by atoms with Crippen LogP contribution in [0.15, 0.2) is 0 Å². The zero-order chi connectivity index (χ0) is 10.6. The number of nitrogens with one attached hydrogen (secondary N) is 2. The Hall–Kier alpha value is -1.63. The maximum Gasteiger partial charge on any atom is 0.325 e. The fraction of sp³-hybridized carbons (Fsp3) is 0.571. The van der Waals surface area contributed by atoms with Crippen LogP contribution < -0.4 is 10.8 Å². The lowest BCUT2D eigenvalue weighted by Crippen LogP contribution is -2.40. The van der Waals surface area contributed by atoms with Gasteiger partial charge in [0.25, 0.3) is 11.8 Å². The Morgan fingerprint density at radius 1 is 1.64 bits per heavy atom. The molecule has 0 aromatic rings. The van der Waals surface area contributed by atoms with Crippen molar-refractivity contribution in [3.05, 3.63) is 0 Å². The topological polar surface area (TPSA) is 87.7 Å². The van der Waals surface area contributed by atoms with Gasteiger partial charge in [-0.2, -0.15) is 0 Å². The van der Waals surface area contributed by atoms with E-state index in [-0.39, 0.29) is 13.1 Å². The zero-order valence-corrected chi connectivity index (χ0v) is 7.70. The molecule has 0 aromatic heterocycles. The number of carbonyl (C=O) groups excluding carboxylic acids is 3. The summed E-state index contributed by atoms with van der Waals surface area (Å²) >= 11 is 0. The molecular formula is C7H11N3O4. The predicted octanol–water partition coefficient (Wildman–Crippen LogP) is -1.39. The number of carbonyl (C=O) groups is 3. The van der Waals surface area contributed by atoms with Gasteiger partial charge in [0.1, 0.15) is 6.54 Å². The summed E-state index contributed by atoms with van der Waals surface area (Å²) in [5.74, 6) is -0.945. The lowest BCUT2D eigenvalue weighted by molar-refractivity contribution is -0.137. The largest absolute Gasteiger partial charge is 0.329 e. The van der Waals surface area contributed by atoms with E-state index in [9.17, 15) is 14.4 Å². The van der Waals surface area contributed by atoms with Gasteiger partial charge in [-0.3, -0.25) is 19.3 Å². The first-order valence-electron chi connectivity index (χ1n) is 4.14. The number of nitrogens with zero attached hydrogens (tertiary/aromatic N) is 1. The Labute approximate surface area is 80.3 Å². The zero-order valence-electron chi connectivity index (χ0n) is 7.70. The van der Waals surface area contributed by atoms with Crippen molar-refractivity contribution in [2.24, 2.45) is 0 Å². The highest BCUT2D eigenvalue weighted by Gasteiger charge is 2.29. The van der Waals surface area contributed by atoms with E-state index >= 15 is 0 Å². The summed E-state index contributed by atoms with van der Waals surface area (Å²) in [6, 6.07) is -0.554. The van der Waals surface area contributed by atoms with Gasteiger partial charge in [0.15, 0.2) is 0 Å². The monoisotopic (exact) mass is 201 g/mol. The fourth-order valence-corrected chi connectivity index (χ4v) is 0.944. The van der Waals surface area contributed by atoms with Crippen LogP contribution >= 0.6 is 0 Å². The Bertz CT molecular complexity index is 250. The third-order valence-electron chi connectivity index (χ3n) is 1.57. The summed E-state index contributed by atoms with van der Waals surface area (Å²) < 4.78 is 0. The van der Waals surface area contributed by atoms with Gasteiger partial charge in [-0.1, -0.05) is 0 Å². The molecule has 78 valence electrons. The van der Waals surface area contributed by atoms with Gasteiger partial charge < -0.3 is 5.32 Å². The highest BCUT2D eigenvalue weighted by Crippen LogP contribution is 1.97. The van der Waals surface area contributed by atoms with Crippen molar-refractivity contribution in [3.8, 4) is 0 Å². The Balaban J connectivity index is 2.39. The summed E-state index contributed by atoms with van der Waals surface area (Å²) in [5, 5.41) is 2.30. The lowest BCUT2D eigenvalue weighted by atomic mass is 10.5. The number of imide groups is 1. The van der Waals surface area contributed by atoms with E-state index in [0.717, 1.165) is 4.90 Å². The second kappa shape index (κ2) is 4.56. The second-order valence-corrected chi connectivity index (χ2v) is 2.60. The van der Waals surface area contributed by atoms with Crippen molar-refractivity contribution in [1.82, 2.24) is 15.7 Å². The molecule has 1 saturated heterocycles. The van der Waals surface area contributed by atoms with E-state index in [1.54, 1.807) is 6.92 Å². The van der Waals surface area contributed by atoms with Gasteiger partial charge in [0.05, 0.1) is 13.2 Å². The first-order chi connectivity index (χ1) is 6.65. The van der Waals surface area contributed by atoms with E-state index in [1.807, 2.05) is 0 Å². The molecule has 0 radical (unpaired) electrons. The second-order valence-electron chi connectivity index (χ2n) is 2.60. The maximum absolute atomic E-state index is 11.0. The molecule has 0 bridgehead atoms. The lowest BCUT2D eigenvalue weighted by Gasteiger charge is -2.11. The van der Waals surface area contributed by atoms with Crippen LogP contribution in [0.5, 0.6) is 0 Å². The van der Waals surface area contributed by atoms with Crippen molar-refractivity contribution in [2.45, 2.75) is 6.92 Å². The molecule has 0 unspecified atom stereocenters. The average Bonchev–Trinajstić information content (AvgIpc) is 2.46. The van der Waals surface area contributed by atoms with E-state index < -0.39 is 17.8 Å². The minimum Gasteiger partial charge on any atom is -0.329 e. The molecule has 1 heterocycles. The van der Waals surface area contributed by atoms with E-state index in [4.69, 9.17) is 0 Å². The molecule has 0 saturated carbocycles. The molecule has 1 aliphatic rings. The van der Waals surface area contributed by atoms with Gasteiger partial charge in [0, 0.05) is 0 Å². The minimum absolute atomic E-state index is 0.0548. The molecule has 14 heavy (non-hydrogen) atoms. The van der Waals surface area contributed by atoms with Crippen LogP contribution in [0, 0.1) is 0 Å². The third kappa shape index (κ3) is 2.43. The van der Waals surface area contributed by atoms with Crippen LogP contribution in [-0.4, -0.2) is 42.4 Å². The van der Waals surface area contributed by atoms with Gasteiger partial charge >= 0.3 is 6.03 Å². The molecule has 1 rings (SSSR count). The fourth-order valence-electron chi connectivity index (χ4n) is 0.944. The number of rotatable bonds is 4. The summed E-state index contributed by atoms with van der Waals surface area (Å²) in [7, 11) is 0. The van der Waals surface area contributed by atoms with Gasteiger partial charge in [-0.05, 0) is 6.92 Å². The average molecular weight is 201 g/mol. The van der Waals surface area contributed by atoms with Crippen molar-refractivity contribution in [2.75, 3.05) is 19.7 Å². The Kier molecular flexibility index (Phi) is 3.41. The standard InChI is InChI=1S/C7H11N3O4/c1-2-14-9-5(11)4-10-6(12)3-8-7(10)13/h2-4H2,1H3,(H,8,13)(H,9,11). The van der Waals surface area contributed by atoms with Gasteiger partial charge in [0.2, 0.25) is 0 Å². The van der Waals surface area contributed by atoms with E-state index in [0.29, 0.717) is 6.61 Å². The summed E-state index contributed by atoms with van der Waals surface area (Å²) in [5.41, 5.74) is 2.09. The molecule has 1 aliphatic heterocycles. The van der Waals surface area contributed by atoms with Crippen molar-refractivity contribution < 1.29 is 19.2 Å². The number of hydrogen-bond acceptors (Lipinski definition) is 4. The maximum atomic E-state index is 11.0. The van der Waals surface area contributed by atoms with E-state index in [2.05, 4.69) is 15.6 Å². The van der Waals surface area contributed by atoms with Crippen molar-refractivity contribution >= 4 is 17.8 Å². The molecule has 0 aromatic carbocycles. The first-order valence-corrected chi connectivity index (χ1v) is 4.14. The van der Waals surface area contributed by atoms with Crippen molar-refractivity contribution in [1.29, 1.82) is 0 Å². The summed E-state index contributed by atoms with van der Waals surface area (Å²) in [6.07, 6.45) is 0. The van der Waals surface area contributed by atoms with Gasteiger partial charge in [-0.25, -0.2) is 10.3 Å². The molecule has 4 amide bonds. The van der Waals surface area contributed by atoms with E-state index in [1.165, 1.54) is 0 Å². The molecule has 7 heteroatoms. The molecule has 2 N–H and O–H groups in total. The number of amides is 4. The molecule has 1 fully saturated rings. The highest BCUT2D eigenvalue weighted by molar-refractivity contribution is 6.04. The van der Waals surface area contributed by atoms with Crippen LogP contribution in [-0.2, 0) is 14.4 Å². The smallest absolute Gasteiger partial charge is 0.325 e. The van der Waals surface area contributed by atoms with Crippen LogP contribution in [0.2, 0.25) is 0 Å². The molecule has 7 nitrogen and oxygen atoms in total. The summed E-state index contributed by atoms with van der Waals surface area (Å²) in [6.45, 7) is 1.66.